The highest BCUT2D eigenvalue weighted by molar-refractivity contribution is 5.70. The third-order valence-electron chi connectivity index (χ3n) is 7.49. The normalized spacial score (nSPS) is 23.3. The van der Waals surface area contributed by atoms with Crippen LogP contribution in [0.4, 0.5) is 0 Å². The Morgan fingerprint density at radius 3 is 1.66 bits per heavy atom. The summed E-state index contributed by atoms with van der Waals surface area (Å²) in [5, 5.41) is 39.6. The van der Waals surface area contributed by atoms with E-state index in [1.807, 2.05) is 0 Å². The van der Waals surface area contributed by atoms with Crippen molar-refractivity contribution in [2.24, 2.45) is 0 Å². The number of rotatable bonds is 25. The van der Waals surface area contributed by atoms with Crippen molar-refractivity contribution >= 4 is 11.9 Å². The molecule has 1 heterocycles. The molecule has 1 aliphatic rings. The van der Waals surface area contributed by atoms with E-state index in [1.54, 1.807) is 0 Å². The standard InChI is InChI=1S/C31H58O10/c1-3-5-7-9-11-12-14-16-18-20-27(34)40-24(22-38-26(33)19-17-15-13-10-8-6-4-2)23-39-31-30(37)29(36)28(35)25(21-32)41-31/h24-25,28-32,35-37H,3-23H2,1-2H3/t24-,25-,28+,29?,30?,31-/m1/s1. The molecule has 0 aliphatic carbocycles. The van der Waals surface area contributed by atoms with Crippen molar-refractivity contribution in [1.29, 1.82) is 0 Å². The second-order valence-electron chi connectivity index (χ2n) is 11.3. The van der Waals surface area contributed by atoms with Gasteiger partial charge in [0.25, 0.3) is 0 Å². The van der Waals surface area contributed by atoms with Gasteiger partial charge >= 0.3 is 11.9 Å². The Bertz CT molecular complexity index is 659. The number of carbonyl (C=O) groups is 2. The Labute approximate surface area is 247 Å². The molecule has 10 heteroatoms. The first kappa shape index (κ1) is 37.7. The maximum Gasteiger partial charge on any atom is 0.306 e. The minimum absolute atomic E-state index is 0.212. The van der Waals surface area contributed by atoms with Crippen molar-refractivity contribution in [3.63, 3.8) is 0 Å². The lowest BCUT2D eigenvalue weighted by Crippen LogP contribution is -2.59. The summed E-state index contributed by atoms with van der Waals surface area (Å²) in [6.45, 7) is 3.31. The van der Waals surface area contributed by atoms with E-state index in [4.69, 9.17) is 18.9 Å². The van der Waals surface area contributed by atoms with Crippen molar-refractivity contribution in [3.05, 3.63) is 0 Å². The van der Waals surface area contributed by atoms with Crippen molar-refractivity contribution in [3.8, 4) is 0 Å². The first-order chi connectivity index (χ1) is 19.8. The number of ether oxygens (including phenoxy) is 4. The number of esters is 2. The van der Waals surface area contributed by atoms with Gasteiger partial charge in [0.05, 0.1) is 13.2 Å². The molecule has 1 saturated heterocycles. The number of aliphatic hydroxyl groups excluding tert-OH is 4. The maximum absolute atomic E-state index is 12.5. The van der Waals surface area contributed by atoms with Crippen LogP contribution in [-0.2, 0) is 28.5 Å². The number of carbonyl (C=O) groups excluding carboxylic acids is 2. The van der Waals surface area contributed by atoms with Crippen LogP contribution in [0.3, 0.4) is 0 Å². The van der Waals surface area contributed by atoms with Gasteiger partial charge in [-0.05, 0) is 12.8 Å². The summed E-state index contributed by atoms with van der Waals surface area (Å²) in [5.74, 6) is -0.815. The monoisotopic (exact) mass is 590 g/mol. The zero-order chi connectivity index (χ0) is 30.3. The SMILES string of the molecule is CCCCCCCCCCCC(=O)O[C@H](COC(=O)CCCCCCCCC)CO[C@@H]1O[C@H](CO)[C@H](O)C(O)C1O. The zero-order valence-corrected chi connectivity index (χ0v) is 25.6. The van der Waals surface area contributed by atoms with Gasteiger partial charge in [0.15, 0.2) is 12.4 Å². The van der Waals surface area contributed by atoms with Gasteiger partial charge in [-0.15, -0.1) is 0 Å². The number of hydrogen-bond acceptors (Lipinski definition) is 10. The Hall–Kier alpha value is -1.30. The first-order valence-corrected chi connectivity index (χ1v) is 16.1. The van der Waals surface area contributed by atoms with Gasteiger partial charge in [0, 0.05) is 12.8 Å². The van der Waals surface area contributed by atoms with Crippen LogP contribution < -0.4 is 0 Å². The lowest BCUT2D eigenvalue weighted by atomic mass is 9.99. The molecule has 10 nitrogen and oxygen atoms in total. The molecule has 1 rings (SSSR count). The van der Waals surface area contributed by atoms with Crippen molar-refractivity contribution < 1.29 is 49.0 Å². The highest BCUT2D eigenvalue weighted by atomic mass is 16.7. The largest absolute Gasteiger partial charge is 0.462 e. The molecule has 242 valence electrons. The summed E-state index contributed by atoms with van der Waals surface area (Å²) < 4.78 is 21.8. The van der Waals surface area contributed by atoms with Crippen LogP contribution in [0, 0.1) is 0 Å². The zero-order valence-electron chi connectivity index (χ0n) is 25.6. The number of unbranched alkanes of at least 4 members (excludes halogenated alkanes) is 14. The van der Waals surface area contributed by atoms with Gasteiger partial charge in [0.1, 0.15) is 31.0 Å². The molecule has 0 amide bonds. The minimum Gasteiger partial charge on any atom is -0.462 e. The molecule has 0 aromatic carbocycles. The van der Waals surface area contributed by atoms with Gasteiger partial charge < -0.3 is 39.4 Å². The van der Waals surface area contributed by atoms with Crippen LogP contribution in [0.25, 0.3) is 0 Å². The fraction of sp³-hybridized carbons (Fsp3) is 0.935. The van der Waals surface area contributed by atoms with E-state index in [-0.39, 0.29) is 32.0 Å². The van der Waals surface area contributed by atoms with Crippen LogP contribution in [0.1, 0.15) is 129 Å². The second kappa shape index (κ2) is 24.2. The van der Waals surface area contributed by atoms with Crippen molar-refractivity contribution in [2.45, 2.75) is 166 Å². The van der Waals surface area contributed by atoms with E-state index in [9.17, 15) is 30.0 Å². The smallest absolute Gasteiger partial charge is 0.306 e. The molecule has 2 unspecified atom stereocenters. The average molecular weight is 591 g/mol. The molecular weight excluding hydrogens is 532 g/mol. The highest BCUT2D eigenvalue weighted by Gasteiger charge is 2.44. The molecule has 4 N–H and O–H groups in total. The van der Waals surface area contributed by atoms with Gasteiger partial charge in [-0.3, -0.25) is 9.59 Å². The minimum atomic E-state index is -1.58. The quantitative estimate of drug-likeness (QED) is 0.0893. The topological polar surface area (TPSA) is 152 Å². The molecule has 0 saturated carbocycles. The fourth-order valence-corrected chi connectivity index (χ4v) is 4.83. The molecule has 0 bridgehead atoms. The lowest BCUT2D eigenvalue weighted by Gasteiger charge is -2.39. The average Bonchev–Trinajstić information content (AvgIpc) is 2.96. The van der Waals surface area contributed by atoms with E-state index < -0.39 is 49.4 Å². The number of hydrogen-bond donors (Lipinski definition) is 4. The Morgan fingerprint density at radius 1 is 0.659 bits per heavy atom. The summed E-state index contributed by atoms with van der Waals surface area (Å²) in [7, 11) is 0. The molecule has 0 aromatic rings. The third-order valence-corrected chi connectivity index (χ3v) is 7.49. The number of aliphatic hydroxyl groups is 4. The predicted octanol–water partition coefficient (Wildman–Crippen LogP) is 4.32. The molecule has 1 fully saturated rings. The lowest BCUT2D eigenvalue weighted by molar-refractivity contribution is -0.305. The Kier molecular flexibility index (Phi) is 22.2. The van der Waals surface area contributed by atoms with Crippen LogP contribution in [0.2, 0.25) is 0 Å². The molecular formula is C31H58O10. The van der Waals surface area contributed by atoms with E-state index in [0.717, 1.165) is 44.9 Å². The molecule has 0 spiro atoms. The van der Waals surface area contributed by atoms with Crippen LogP contribution in [0.15, 0.2) is 0 Å². The second-order valence-corrected chi connectivity index (χ2v) is 11.3. The van der Waals surface area contributed by atoms with Crippen LogP contribution >= 0.6 is 0 Å². The van der Waals surface area contributed by atoms with Crippen molar-refractivity contribution in [2.75, 3.05) is 19.8 Å². The summed E-state index contributed by atoms with van der Waals surface area (Å²) in [4.78, 5) is 24.8. The third kappa shape index (κ3) is 17.4. The van der Waals surface area contributed by atoms with E-state index in [2.05, 4.69) is 13.8 Å². The van der Waals surface area contributed by atoms with E-state index >= 15 is 0 Å². The van der Waals surface area contributed by atoms with Crippen LogP contribution in [0.5, 0.6) is 0 Å². The van der Waals surface area contributed by atoms with E-state index in [1.165, 1.54) is 51.4 Å². The first-order valence-electron chi connectivity index (χ1n) is 16.1. The van der Waals surface area contributed by atoms with Crippen LogP contribution in [-0.4, -0.2) is 89.0 Å². The summed E-state index contributed by atoms with van der Waals surface area (Å²) >= 11 is 0. The van der Waals surface area contributed by atoms with Crippen molar-refractivity contribution in [1.82, 2.24) is 0 Å². The van der Waals surface area contributed by atoms with Gasteiger partial charge in [-0.25, -0.2) is 0 Å². The van der Waals surface area contributed by atoms with Gasteiger partial charge in [-0.2, -0.15) is 0 Å². The summed E-state index contributed by atoms with van der Waals surface area (Å²) in [5.41, 5.74) is 0. The highest BCUT2D eigenvalue weighted by Crippen LogP contribution is 2.22. The van der Waals surface area contributed by atoms with Gasteiger partial charge in [0.2, 0.25) is 0 Å². The molecule has 6 atom stereocenters. The Morgan fingerprint density at radius 2 is 1.15 bits per heavy atom. The maximum atomic E-state index is 12.5. The Balaban J connectivity index is 2.49. The molecule has 41 heavy (non-hydrogen) atoms. The predicted molar refractivity (Wildman–Crippen MR) is 155 cm³/mol. The summed E-state index contributed by atoms with van der Waals surface area (Å²) in [6, 6.07) is 0. The summed E-state index contributed by atoms with van der Waals surface area (Å²) in [6.07, 6.45) is 10.1. The van der Waals surface area contributed by atoms with E-state index in [0.29, 0.717) is 6.42 Å². The molecule has 1 aliphatic heterocycles. The van der Waals surface area contributed by atoms with Gasteiger partial charge in [-0.1, -0.05) is 104 Å². The molecule has 0 aromatic heterocycles. The fourth-order valence-electron chi connectivity index (χ4n) is 4.83. The molecule has 0 radical (unpaired) electrons.